The lowest BCUT2D eigenvalue weighted by atomic mass is 9.86. The fourth-order valence-electron chi connectivity index (χ4n) is 2.53. The van der Waals surface area contributed by atoms with Crippen molar-refractivity contribution in [3.05, 3.63) is 30.1 Å². The Morgan fingerprint density at radius 1 is 1.47 bits per heavy atom. The SMILES string of the molecule is CC1(CO)CCCC1NC(=O)Nc1ccc(F)cc1. The van der Waals surface area contributed by atoms with Gasteiger partial charge < -0.3 is 15.7 Å². The number of hydrogen-bond acceptors (Lipinski definition) is 2. The molecular weight excluding hydrogens is 247 g/mol. The number of rotatable bonds is 3. The fraction of sp³-hybridized carbons (Fsp3) is 0.500. The van der Waals surface area contributed by atoms with E-state index in [1.54, 1.807) is 0 Å². The van der Waals surface area contributed by atoms with Crippen molar-refractivity contribution in [3.63, 3.8) is 0 Å². The van der Waals surface area contributed by atoms with Crippen LogP contribution in [0.5, 0.6) is 0 Å². The first-order chi connectivity index (χ1) is 9.03. The maximum Gasteiger partial charge on any atom is 0.319 e. The number of anilines is 1. The van der Waals surface area contributed by atoms with Crippen LogP contribution in [0.4, 0.5) is 14.9 Å². The van der Waals surface area contributed by atoms with Crippen LogP contribution in [0.25, 0.3) is 0 Å². The van der Waals surface area contributed by atoms with Gasteiger partial charge in [-0.2, -0.15) is 0 Å². The predicted molar refractivity (Wildman–Crippen MR) is 71.4 cm³/mol. The highest BCUT2D eigenvalue weighted by molar-refractivity contribution is 5.89. The molecule has 0 saturated heterocycles. The number of aliphatic hydroxyl groups is 1. The van der Waals surface area contributed by atoms with Crippen LogP contribution in [0, 0.1) is 11.2 Å². The number of urea groups is 1. The molecule has 2 amide bonds. The van der Waals surface area contributed by atoms with Crippen LogP contribution >= 0.6 is 0 Å². The predicted octanol–water partition coefficient (Wildman–Crippen LogP) is 2.50. The Labute approximate surface area is 112 Å². The van der Waals surface area contributed by atoms with E-state index in [9.17, 15) is 14.3 Å². The van der Waals surface area contributed by atoms with Crippen molar-refractivity contribution in [1.82, 2.24) is 5.32 Å². The second kappa shape index (κ2) is 5.57. The molecule has 0 heterocycles. The van der Waals surface area contributed by atoms with Gasteiger partial charge >= 0.3 is 6.03 Å². The van der Waals surface area contributed by atoms with Crippen LogP contribution in [0.3, 0.4) is 0 Å². The van der Waals surface area contributed by atoms with E-state index in [1.165, 1.54) is 24.3 Å². The molecule has 5 heteroatoms. The summed E-state index contributed by atoms with van der Waals surface area (Å²) in [6, 6.07) is 5.26. The van der Waals surface area contributed by atoms with E-state index in [-0.39, 0.29) is 29.9 Å². The first-order valence-electron chi connectivity index (χ1n) is 6.47. The number of benzene rings is 1. The van der Waals surface area contributed by atoms with Crippen molar-refractivity contribution in [2.75, 3.05) is 11.9 Å². The molecule has 0 bridgehead atoms. The second-order valence-corrected chi connectivity index (χ2v) is 5.36. The van der Waals surface area contributed by atoms with E-state index in [2.05, 4.69) is 10.6 Å². The molecule has 1 aliphatic carbocycles. The molecule has 1 aromatic carbocycles. The van der Waals surface area contributed by atoms with E-state index in [0.717, 1.165) is 19.3 Å². The third kappa shape index (κ3) is 3.23. The molecular formula is C14H19FN2O2. The molecule has 0 radical (unpaired) electrons. The van der Waals surface area contributed by atoms with Crippen LogP contribution in [0.2, 0.25) is 0 Å². The lowest BCUT2D eigenvalue weighted by Crippen LogP contribution is -2.46. The molecule has 1 fully saturated rings. The van der Waals surface area contributed by atoms with E-state index in [4.69, 9.17) is 0 Å². The number of amides is 2. The standard InChI is InChI=1S/C14H19FN2O2/c1-14(9-18)8-2-3-12(14)17-13(19)16-11-6-4-10(15)5-7-11/h4-7,12,18H,2-3,8-9H2,1H3,(H2,16,17,19). The molecule has 2 unspecified atom stereocenters. The molecule has 1 aliphatic rings. The Balaban J connectivity index is 1.92. The van der Waals surface area contributed by atoms with Crippen molar-refractivity contribution in [3.8, 4) is 0 Å². The molecule has 104 valence electrons. The van der Waals surface area contributed by atoms with Crippen LogP contribution in [-0.2, 0) is 0 Å². The summed E-state index contributed by atoms with van der Waals surface area (Å²) in [5.74, 6) is -0.338. The number of halogens is 1. The lowest BCUT2D eigenvalue weighted by Gasteiger charge is -2.30. The highest BCUT2D eigenvalue weighted by atomic mass is 19.1. The van der Waals surface area contributed by atoms with Crippen molar-refractivity contribution >= 4 is 11.7 Å². The normalized spacial score (nSPS) is 26.2. The van der Waals surface area contributed by atoms with Crippen molar-refractivity contribution in [1.29, 1.82) is 0 Å². The van der Waals surface area contributed by atoms with Gasteiger partial charge in [0.05, 0.1) is 6.61 Å². The Hall–Kier alpha value is -1.62. The summed E-state index contributed by atoms with van der Waals surface area (Å²) in [6.07, 6.45) is 2.78. The lowest BCUT2D eigenvalue weighted by molar-refractivity contribution is 0.122. The summed E-state index contributed by atoms with van der Waals surface area (Å²) in [5.41, 5.74) is 0.294. The first kappa shape index (κ1) is 13.8. The minimum atomic E-state index is -0.338. The quantitative estimate of drug-likeness (QED) is 0.787. The molecule has 19 heavy (non-hydrogen) atoms. The van der Waals surface area contributed by atoms with E-state index < -0.39 is 0 Å². The minimum absolute atomic E-state index is 0.0297. The average molecular weight is 266 g/mol. The highest BCUT2D eigenvalue weighted by Crippen LogP contribution is 2.37. The van der Waals surface area contributed by atoms with Crippen molar-refractivity contribution in [2.24, 2.45) is 5.41 Å². The van der Waals surface area contributed by atoms with Crippen LogP contribution in [-0.4, -0.2) is 23.8 Å². The molecule has 3 N–H and O–H groups in total. The highest BCUT2D eigenvalue weighted by Gasteiger charge is 2.39. The molecule has 2 atom stereocenters. The average Bonchev–Trinajstić information content (AvgIpc) is 2.74. The number of carbonyl (C=O) groups excluding carboxylic acids is 1. The monoisotopic (exact) mass is 266 g/mol. The van der Waals surface area contributed by atoms with Crippen molar-refractivity contribution < 1.29 is 14.3 Å². The van der Waals surface area contributed by atoms with Gasteiger partial charge in [0.15, 0.2) is 0 Å². The Kier molecular flexibility index (Phi) is 4.04. The summed E-state index contributed by atoms with van der Waals surface area (Å²) >= 11 is 0. The Morgan fingerprint density at radius 3 is 2.79 bits per heavy atom. The third-order valence-corrected chi connectivity index (χ3v) is 3.85. The third-order valence-electron chi connectivity index (χ3n) is 3.85. The van der Waals surface area contributed by atoms with Gasteiger partial charge in [-0.05, 0) is 37.1 Å². The maximum atomic E-state index is 12.7. The van der Waals surface area contributed by atoms with Crippen LogP contribution in [0.15, 0.2) is 24.3 Å². The van der Waals surface area contributed by atoms with E-state index >= 15 is 0 Å². The van der Waals surface area contributed by atoms with Gasteiger partial charge in [-0.15, -0.1) is 0 Å². The summed E-state index contributed by atoms with van der Waals surface area (Å²) in [6.45, 7) is 2.04. The minimum Gasteiger partial charge on any atom is -0.396 e. The molecule has 0 spiro atoms. The number of hydrogen-bond donors (Lipinski definition) is 3. The van der Waals surface area contributed by atoms with Gasteiger partial charge in [0, 0.05) is 17.1 Å². The number of aliphatic hydroxyl groups excluding tert-OH is 1. The largest absolute Gasteiger partial charge is 0.396 e. The summed E-state index contributed by atoms with van der Waals surface area (Å²) in [7, 11) is 0. The van der Waals surface area contributed by atoms with E-state index in [1.807, 2.05) is 6.92 Å². The molecule has 1 saturated carbocycles. The van der Waals surface area contributed by atoms with Gasteiger partial charge in [0.25, 0.3) is 0 Å². The molecule has 0 aliphatic heterocycles. The summed E-state index contributed by atoms with van der Waals surface area (Å²) in [5, 5.41) is 15.0. The smallest absolute Gasteiger partial charge is 0.319 e. The van der Waals surface area contributed by atoms with Gasteiger partial charge in [-0.3, -0.25) is 0 Å². The second-order valence-electron chi connectivity index (χ2n) is 5.36. The number of nitrogens with one attached hydrogen (secondary N) is 2. The topological polar surface area (TPSA) is 61.4 Å². The van der Waals surface area contributed by atoms with Crippen molar-refractivity contribution in [2.45, 2.75) is 32.2 Å². The molecule has 2 rings (SSSR count). The summed E-state index contributed by atoms with van der Waals surface area (Å²) in [4.78, 5) is 11.9. The zero-order valence-corrected chi connectivity index (χ0v) is 10.9. The molecule has 4 nitrogen and oxygen atoms in total. The number of carbonyl (C=O) groups is 1. The Bertz CT molecular complexity index is 449. The first-order valence-corrected chi connectivity index (χ1v) is 6.47. The molecule has 1 aromatic rings. The maximum absolute atomic E-state index is 12.7. The van der Waals surface area contributed by atoms with Crippen LogP contribution < -0.4 is 10.6 Å². The van der Waals surface area contributed by atoms with E-state index in [0.29, 0.717) is 5.69 Å². The zero-order chi connectivity index (χ0) is 13.9. The molecule has 0 aromatic heterocycles. The zero-order valence-electron chi connectivity index (χ0n) is 10.9. The summed E-state index contributed by atoms with van der Waals surface area (Å²) < 4.78 is 12.7. The van der Waals surface area contributed by atoms with Gasteiger partial charge in [0.1, 0.15) is 5.82 Å². The van der Waals surface area contributed by atoms with Gasteiger partial charge in [-0.1, -0.05) is 13.3 Å². The fourth-order valence-corrected chi connectivity index (χ4v) is 2.53. The van der Waals surface area contributed by atoms with Gasteiger partial charge in [0.2, 0.25) is 0 Å². The van der Waals surface area contributed by atoms with Crippen LogP contribution in [0.1, 0.15) is 26.2 Å². The Morgan fingerprint density at radius 2 is 2.16 bits per heavy atom. The van der Waals surface area contributed by atoms with Gasteiger partial charge in [-0.25, -0.2) is 9.18 Å².